The number of amides is 1. The van der Waals surface area contributed by atoms with Crippen LogP contribution in [0.5, 0.6) is 0 Å². The Balaban J connectivity index is 1.47. The fourth-order valence-corrected chi connectivity index (χ4v) is 4.37. The lowest BCUT2D eigenvalue weighted by Crippen LogP contribution is -2.46. The smallest absolute Gasteiger partial charge is 0.247 e. The average Bonchev–Trinajstić information content (AvgIpc) is 3.25. The van der Waals surface area contributed by atoms with Crippen molar-refractivity contribution in [3.63, 3.8) is 0 Å². The van der Waals surface area contributed by atoms with Crippen molar-refractivity contribution in [2.24, 2.45) is 0 Å². The molecule has 4 heterocycles. The van der Waals surface area contributed by atoms with Crippen LogP contribution in [0.3, 0.4) is 0 Å². The van der Waals surface area contributed by atoms with Gasteiger partial charge in [0.2, 0.25) is 5.91 Å². The van der Waals surface area contributed by atoms with E-state index < -0.39 is 0 Å². The van der Waals surface area contributed by atoms with Gasteiger partial charge in [0.25, 0.3) is 0 Å². The van der Waals surface area contributed by atoms with Crippen molar-refractivity contribution in [1.82, 2.24) is 19.7 Å². The lowest BCUT2D eigenvalue weighted by atomic mass is 9.97. The molecule has 2 aromatic rings. The van der Waals surface area contributed by atoms with E-state index in [9.17, 15) is 4.79 Å². The maximum absolute atomic E-state index is 12.6. The molecule has 2 unspecified atom stereocenters. The summed E-state index contributed by atoms with van der Waals surface area (Å²) in [6.07, 6.45) is 11.2. The van der Waals surface area contributed by atoms with E-state index in [0.29, 0.717) is 18.1 Å². The molecule has 5 nitrogen and oxygen atoms in total. The highest BCUT2D eigenvalue weighted by molar-refractivity contribution is 7.10. The Labute approximate surface area is 133 Å². The monoisotopic (exact) mass is 314 g/mol. The van der Waals surface area contributed by atoms with Gasteiger partial charge in [0.1, 0.15) is 12.7 Å². The number of nitrogens with zero attached hydrogens (tertiary/aromatic N) is 4. The highest BCUT2D eigenvalue weighted by Gasteiger charge is 2.43. The van der Waals surface area contributed by atoms with Crippen LogP contribution in [0.15, 0.2) is 36.2 Å². The minimum absolute atomic E-state index is 0.151. The molecule has 0 radical (unpaired) electrons. The summed E-state index contributed by atoms with van der Waals surface area (Å²) in [7, 11) is 0. The molecule has 0 N–H and O–H groups in total. The fourth-order valence-electron chi connectivity index (χ4n) is 3.76. The van der Waals surface area contributed by atoms with Crippen LogP contribution in [0.4, 0.5) is 0 Å². The summed E-state index contributed by atoms with van der Waals surface area (Å²) in [6, 6.07) is 5.09. The van der Waals surface area contributed by atoms with E-state index in [0.717, 1.165) is 30.6 Å². The number of fused-ring (bicyclic) bond motifs is 2. The number of rotatable bonds is 3. The Bertz CT molecular complexity index is 650. The fraction of sp³-hybridized carbons (Fsp3) is 0.438. The summed E-state index contributed by atoms with van der Waals surface area (Å²) in [5.41, 5.74) is 0. The SMILES string of the molecule is O=C(C=Cc1cccs1)N1C2CCC1CC(n1cncn1)C2. The molecule has 0 aromatic carbocycles. The minimum atomic E-state index is 0.151. The summed E-state index contributed by atoms with van der Waals surface area (Å²) in [6.45, 7) is 0. The second-order valence-electron chi connectivity index (χ2n) is 5.98. The highest BCUT2D eigenvalue weighted by atomic mass is 32.1. The van der Waals surface area contributed by atoms with Crippen molar-refractivity contribution in [3.8, 4) is 0 Å². The van der Waals surface area contributed by atoms with E-state index in [1.54, 1.807) is 30.1 Å². The largest absolute Gasteiger partial charge is 0.333 e. The number of hydrogen-bond acceptors (Lipinski definition) is 4. The van der Waals surface area contributed by atoms with Gasteiger partial charge in [0, 0.05) is 23.0 Å². The molecule has 1 amide bonds. The zero-order chi connectivity index (χ0) is 14.9. The van der Waals surface area contributed by atoms with Gasteiger partial charge in [-0.15, -0.1) is 11.3 Å². The second-order valence-corrected chi connectivity index (χ2v) is 6.96. The van der Waals surface area contributed by atoms with Gasteiger partial charge in [0.15, 0.2) is 0 Å². The van der Waals surface area contributed by atoms with Crippen LogP contribution in [-0.4, -0.2) is 37.7 Å². The molecule has 0 saturated carbocycles. The number of carbonyl (C=O) groups is 1. The van der Waals surface area contributed by atoms with Crippen LogP contribution < -0.4 is 0 Å². The Morgan fingerprint density at radius 1 is 1.27 bits per heavy atom. The third kappa shape index (κ3) is 2.47. The van der Waals surface area contributed by atoms with E-state index >= 15 is 0 Å². The van der Waals surface area contributed by atoms with Crippen molar-refractivity contribution in [1.29, 1.82) is 0 Å². The quantitative estimate of drug-likeness (QED) is 0.819. The molecule has 6 heteroatoms. The molecule has 2 aromatic heterocycles. The molecule has 2 fully saturated rings. The first-order chi connectivity index (χ1) is 10.8. The predicted octanol–water partition coefficient (Wildman–Crippen LogP) is 2.75. The maximum atomic E-state index is 12.6. The Morgan fingerprint density at radius 3 is 2.73 bits per heavy atom. The molecule has 2 saturated heterocycles. The van der Waals surface area contributed by atoms with Crippen molar-refractivity contribution in [3.05, 3.63) is 41.1 Å². The molecule has 4 rings (SSSR count). The molecule has 2 atom stereocenters. The number of carbonyl (C=O) groups excluding carboxylic acids is 1. The summed E-state index contributed by atoms with van der Waals surface area (Å²) < 4.78 is 1.95. The van der Waals surface area contributed by atoms with E-state index in [1.807, 2.05) is 28.3 Å². The Morgan fingerprint density at radius 2 is 2.09 bits per heavy atom. The molecule has 2 aliphatic heterocycles. The molecule has 114 valence electrons. The van der Waals surface area contributed by atoms with E-state index in [1.165, 1.54) is 0 Å². The summed E-state index contributed by atoms with van der Waals surface area (Å²) in [4.78, 5) is 19.8. The maximum Gasteiger partial charge on any atom is 0.247 e. The van der Waals surface area contributed by atoms with Gasteiger partial charge in [-0.1, -0.05) is 6.07 Å². The third-order valence-electron chi connectivity index (χ3n) is 4.71. The Hall–Kier alpha value is -1.95. The van der Waals surface area contributed by atoms with Crippen molar-refractivity contribution in [2.45, 2.75) is 43.8 Å². The van der Waals surface area contributed by atoms with Crippen LogP contribution in [0.25, 0.3) is 6.08 Å². The van der Waals surface area contributed by atoms with Gasteiger partial charge in [-0.3, -0.25) is 4.79 Å². The van der Waals surface area contributed by atoms with E-state index in [2.05, 4.69) is 15.0 Å². The lowest BCUT2D eigenvalue weighted by Gasteiger charge is -2.38. The van der Waals surface area contributed by atoms with Crippen LogP contribution in [-0.2, 0) is 4.79 Å². The van der Waals surface area contributed by atoms with Gasteiger partial charge in [-0.2, -0.15) is 5.10 Å². The molecule has 22 heavy (non-hydrogen) atoms. The number of aromatic nitrogens is 3. The molecule has 0 aliphatic carbocycles. The third-order valence-corrected chi connectivity index (χ3v) is 5.54. The first-order valence-corrected chi connectivity index (χ1v) is 8.57. The normalized spacial score (nSPS) is 27.6. The van der Waals surface area contributed by atoms with Crippen LogP contribution in [0.2, 0.25) is 0 Å². The van der Waals surface area contributed by atoms with Gasteiger partial charge in [0.05, 0.1) is 6.04 Å². The van der Waals surface area contributed by atoms with Crippen LogP contribution in [0.1, 0.15) is 36.6 Å². The predicted molar refractivity (Wildman–Crippen MR) is 85.3 cm³/mol. The van der Waals surface area contributed by atoms with E-state index in [-0.39, 0.29) is 5.91 Å². The molecule has 2 aliphatic rings. The molecular weight excluding hydrogens is 296 g/mol. The van der Waals surface area contributed by atoms with Crippen molar-refractivity contribution >= 4 is 23.3 Å². The second kappa shape index (κ2) is 5.68. The van der Waals surface area contributed by atoms with Crippen LogP contribution in [0, 0.1) is 0 Å². The molecule has 2 bridgehead atoms. The van der Waals surface area contributed by atoms with Gasteiger partial charge >= 0.3 is 0 Å². The van der Waals surface area contributed by atoms with E-state index in [4.69, 9.17) is 0 Å². The zero-order valence-corrected chi connectivity index (χ0v) is 13.0. The van der Waals surface area contributed by atoms with Crippen molar-refractivity contribution in [2.75, 3.05) is 0 Å². The highest BCUT2D eigenvalue weighted by Crippen LogP contribution is 2.40. The van der Waals surface area contributed by atoms with Gasteiger partial charge < -0.3 is 4.90 Å². The Kier molecular flexibility index (Phi) is 3.54. The summed E-state index contributed by atoms with van der Waals surface area (Å²) in [5.74, 6) is 0.151. The number of piperidine rings is 1. The van der Waals surface area contributed by atoms with Gasteiger partial charge in [-0.25, -0.2) is 9.67 Å². The molecule has 0 spiro atoms. The molecular formula is C16H18N4OS. The van der Waals surface area contributed by atoms with Gasteiger partial charge in [-0.05, 0) is 43.2 Å². The first kappa shape index (κ1) is 13.7. The topological polar surface area (TPSA) is 51.0 Å². The number of hydrogen-bond donors (Lipinski definition) is 0. The van der Waals surface area contributed by atoms with Crippen molar-refractivity contribution < 1.29 is 4.79 Å². The summed E-state index contributed by atoms with van der Waals surface area (Å²) >= 11 is 1.65. The minimum Gasteiger partial charge on any atom is -0.333 e. The first-order valence-electron chi connectivity index (χ1n) is 7.69. The van der Waals surface area contributed by atoms with Crippen LogP contribution >= 0.6 is 11.3 Å². The standard InChI is InChI=1S/C16H18N4OS/c21-16(6-5-15-2-1-7-22-15)20-12-3-4-13(20)9-14(8-12)19-11-17-10-18-19/h1-2,5-7,10-14H,3-4,8-9H2. The average molecular weight is 314 g/mol. The zero-order valence-electron chi connectivity index (χ0n) is 12.2. The number of thiophene rings is 1. The summed E-state index contributed by atoms with van der Waals surface area (Å²) in [5, 5.41) is 6.29. The lowest BCUT2D eigenvalue weighted by molar-refractivity contribution is -0.130.